The molecule has 2 aromatic carbocycles. The van der Waals surface area contributed by atoms with Crippen molar-refractivity contribution in [3.05, 3.63) is 64.5 Å². The minimum atomic E-state index is -0.652. The van der Waals surface area contributed by atoms with E-state index in [-0.39, 0.29) is 0 Å². The van der Waals surface area contributed by atoms with E-state index < -0.39 is 6.10 Å². The summed E-state index contributed by atoms with van der Waals surface area (Å²) < 4.78 is 5.63. The molecule has 0 aliphatic carbocycles. The molecule has 0 aliphatic heterocycles. The molecule has 1 heterocycles. The van der Waals surface area contributed by atoms with Gasteiger partial charge in [0.15, 0.2) is 11.5 Å². The van der Waals surface area contributed by atoms with Gasteiger partial charge in [-0.3, -0.25) is 0 Å². The standard InChI is InChI=1S/C16H14ClNO2/c1-10-8-11(17)6-7-12(10)14(19)9-16-18-13-4-2-3-5-15(13)20-16/h2-8,14,19H,9H2,1H3. The first-order chi connectivity index (χ1) is 9.63. The molecule has 1 N–H and O–H groups in total. The number of oxazole rings is 1. The van der Waals surface area contributed by atoms with E-state index in [1.54, 1.807) is 6.07 Å². The highest BCUT2D eigenvalue weighted by Gasteiger charge is 2.15. The van der Waals surface area contributed by atoms with Crippen molar-refractivity contribution in [2.24, 2.45) is 0 Å². The Kier molecular flexibility index (Phi) is 3.47. The molecule has 0 spiro atoms. The molecule has 4 heteroatoms. The molecule has 0 aliphatic rings. The van der Waals surface area contributed by atoms with Crippen molar-refractivity contribution in [3.8, 4) is 0 Å². The number of benzene rings is 2. The molecule has 0 amide bonds. The summed E-state index contributed by atoms with van der Waals surface area (Å²) in [4.78, 5) is 4.37. The van der Waals surface area contributed by atoms with E-state index in [1.807, 2.05) is 43.3 Å². The molecule has 20 heavy (non-hydrogen) atoms. The zero-order valence-corrected chi connectivity index (χ0v) is 11.8. The molecule has 3 rings (SSSR count). The molecule has 0 bridgehead atoms. The fraction of sp³-hybridized carbons (Fsp3) is 0.188. The van der Waals surface area contributed by atoms with Crippen molar-refractivity contribution in [2.75, 3.05) is 0 Å². The fourth-order valence-electron chi connectivity index (χ4n) is 2.30. The lowest BCUT2D eigenvalue weighted by Crippen LogP contribution is -2.04. The molecule has 3 aromatic rings. The van der Waals surface area contributed by atoms with Gasteiger partial charge < -0.3 is 9.52 Å². The number of hydrogen-bond donors (Lipinski definition) is 1. The average molecular weight is 288 g/mol. The molecule has 1 unspecified atom stereocenters. The first kappa shape index (κ1) is 13.2. The van der Waals surface area contributed by atoms with Gasteiger partial charge in [0, 0.05) is 5.02 Å². The predicted octanol–water partition coefficient (Wildman–Crippen LogP) is 4.07. The van der Waals surface area contributed by atoms with Crippen LogP contribution >= 0.6 is 11.6 Å². The number of para-hydroxylation sites is 2. The minimum Gasteiger partial charge on any atom is -0.441 e. The van der Waals surface area contributed by atoms with Crippen LogP contribution in [0, 0.1) is 6.92 Å². The molecule has 102 valence electrons. The van der Waals surface area contributed by atoms with Gasteiger partial charge in [0.25, 0.3) is 0 Å². The second-order valence-corrected chi connectivity index (χ2v) is 5.23. The van der Waals surface area contributed by atoms with Crippen molar-refractivity contribution in [1.29, 1.82) is 0 Å². The highest BCUT2D eigenvalue weighted by molar-refractivity contribution is 6.30. The summed E-state index contributed by atoms with van der Waals surface area (Å²) >= 11 is 5.92. The van der Waals surface area contributed by atoms with Crippen LogP contribution in [0.2, 0.25) is 5.02 Å². The number of aliphatic hydroxyl groups excluding tert-OH is 1. The minimum absolute atomic E-state index is 0.344. The zero-order valence-electron chi connectivity index (χ0n) is 11.0. The van der Waals surface area contributed by atoms with Crippen LogP contribution in [-0.2, 0) is 6.42 Å². The SMILES string of the molecule is Cc1cc(Cl)ccc1C(O)Cc1nc2ccccc2o1. The molecular weight excluding hydrogens is 274 g/mol. The lowest BCUT2D eigenvalue weighted by atomic mass is 10.0. The Morgan fingerprint density at radius 2 is 2.05 bits per heavy atom. The van der Waals surface area contributed by atoms with Crippen molar-refractivity contribution >= 4 is 22.7 Å². The van der Waals surface area contributed by atoms with Crippen LogP contribution in [0.3, 0.4) is 0 Å². The number of nitrogens with zero attached hydrogens (tertiary/aromatic N) is 1. The van der Waals surface area contributed by atoms with Crippen molar-refractivity contribution in [3.63, 3.8) is 0 Å². The van der Waals surface area contributed by atoms with E-state index in [4.69, 9.17) is 16.0 Å². The first-order valence-electron chi connectivity index (χ1n) is 6.42. The largest absolute Gasteiger partial charge is 0.441 e. The van der Waals surface area contributed by atoms with Crippen molar-refractivity contribution in [2.45, 2.75) is 19.4 Å². The summed E-state index contributed by atoms with van der Waals surface area (Å²) in [6, 6.07) is 13.0. The van der Waals surface area contributed by atoms with Gasteiger partial charge >= 0.3 is 0 Å². The van der Waals surface area contributed by atoms with Gasteiger partial charge in [0.2, 0.25) is 0 Å². The van der Waals surface area contributed by atoms with Gasteiger partial charge in [-0.15, -0.1) is 0 Å². The Morgan fingerprint density at radius 3 is 2.80 bits per heavy atom. The van der Waals surface area contributed by atoms with E-state index in [2.05, 4.69) is 4.98 Å². The Hall–Kier alpha value is -1.84. The van der Waals surface area contributed by atoms with Crippen LogP contribution in [0.1, 0.15) is 23.1 Å². The van der Waals surface area contributed by atoms with Gasteiger partial charge in [0.1, 0.15) is 5.52 Å². The Morgan fingerprint density at radius 1 is 1.25 bits per heavy atom. The number of aromatic nitrogens is 1. The molecule has 0 fully saturated rings. The van der Waals surface area contributed by atoms with Gasteiger partial charge in [-0.05, 0) is 42.3 Å². The van der Waals surface area contributed by atoms with E-state index in [9.17, 15) is 5.11 Å². The second kappa shape index (κ2) is 5.27. The van der Waals surface area contributed by atoms with E-state index in [0.29, 0.717) is 17.3 Å². The third-order valence-corrected chi connectivity index (χ3v) is 3.53. The van der Waals surface area contributed by atoms with Gasteiger partial charge in [0.05, 0.1) is 12.5 Å². The van der Waals surface area contributed by atoms with Crippen LogP contribution in [-0.4, -0.2) is 10.1 Å². The monoisotopic (exact) mass is 287 g/mol. The maximum Gasteiger partial charge on any atom is 0.198 e. The maximum atomic E-state index is 10.3. The highest BCUT2D eigenvalue weighted by Crippen LogP contribution is 2.25. The highest BCUT2D eigenvalue weighted by atomic mass is 35.5. The second-order valence-electron chi connectivity index (χ2n) is 4.80. The number of hydrogen-bond acceptors (Lipinski definition) is 3. The van der Waals surface area contributed by atoms with Crippen molar-refractivity contribution in [1.82, 2.24) is 4.98 Å². The summed E-state index contributed by atoms with van der Waals surface area (Å²) in [6.07, 6.45) is -0.308. The van der Waals surface area contributed by atoms with E-state index in [0.717, 1.165) is 22.2 Å². The van der Waals surface area contributed by atoms with Gasteiger partial charge in [-0.25, -0.2) is 4.98 Å². The zero-order chi connectivity index (χ0) is 14.1. The predicted molar refractivity (Wildman–Crippen MR) is 78.9 cm³/mol. The van der Waals surface area contributed by atoms with E-state index in [1.165, 1.54) is 0 Å². The maximum absolute atomic E-state index is 10.3. The molecular formula is C16H14ClNO2. The summed E-state index contributed by atoms with van der Waals surface area (Å²) in [7, 11) is 0. The Bertz CT molecular complexity index is 718. The smallest absolute Gasteiger partial charge is 0.198 e. The number of halogens is 1. The van der Waals surface area contributed by atoms with Crippen LogP contribution in [0.15, 0.2) is 46.9 Å². The fourth-order valence-corrected chi connectivity index (χ4v) is 2.52. The van der Waals surface area contributed by atoms with Gasteiger partial charge in [-0.2, -0.15) is 0 Å². The summed E-state index contributed by atoms with van der Waals surface area (Å²) in [5.41, 5.74) is 3.35. The quantitative estimate of drug-likeness (QED) is 0.790. The van der Waals surface area contributed by atoms with Gasteiger partial charge in [-0.1, -0.05) is 29.8 Å². The van der Waals surface area contributed by atoms with Crippen LogP contribution < -0.4 is 0 Å². The number of aryl methyl sites for hydroxylation is 1. The lowest BCUT2D eigenvalue weighted by molar-refractivity contribution is 0.168. The number of fused-ring (bicyclic) bond motifs is 1. The summed E-state index contributed by atoms with van der Waals surface area (Å²) in [5.74, 6) is 0.535. The first-order valence-corrected chi connectivity index (χ1v) is 6.80. The molecule has 1 aromatic heterocycles. The van der Waals surface area contributed by atoms with Crippen LogP contribution in [0.25, 0.3) is 11.1 Å². The summed E-state index contributed by atoms with van der Waals surface area (Å²) in [6.45, 7) is 1.93. The van der Waals surface area contributed by atoms with E-state index >= 15 is 0 Å². The molecule has 1 atom stereocenters. The molecule has 3 nitrogen and oxygen atoms in total. The van der Waals surface area contributed by atoms with Crippen molar-refractivity contribution < 1.29 is 9.52 Å². The topological polar surface area (TPSA) is 46.3 Å². The molecule has 0 saturated carbocycles. The Balaban J connectivity index is 1.86. The average Bonchev–Trinajstić information content (AvgIpc) is 2.80. The number of rotatable bonds is 3. The lowest BCUT2D eigenvalue weighted by Gasteiger charge is -2.12. The van der Waals surface area contributed by atoms with Crippen LogP contribution in [0.5, 0.6) is 0 Å². The molecule has 0 radical (unpaired) electrons. The number of aliphatic hydroxyl groups is 1. The third kappa shape index (κ3) is 2.55. The van der Waals surface area contributed by atoms with Crippen LogP contribution in [0.4, 0.5) is 0 Å². The normalized spacial score (nSPS) is 12.8. The Labute approximate surface area is 121 Å². The molecule has 0 saturated heterocycles. The summed E-state index contributed by atoms with van der Waals surface area (Å²) in [5, 5.41) is 11.0. The third-order valence-electron chi connectivity index (χ3n) is 3.30.